The summed E-state index contributed by atoms with van der Waals surface area (Å²) < 4.78 is 17.9. The minimum absolute atomic E-state index is 0.0672. The third-order valence-corrected chi connectivity index (χ3v) is 6.48. The van der Waals surface area contributed by atoms with E-state index in [1.807, 2.05) is 33.7 Å². The van der Waals surface area contributed by atoms with Crippen LogP contribution in [0.4, 0.5) is 0 Å². The number of hydrogen-bond acceptors (Lipinski definition) is 6. The number of para-hydroxylation sites is 2. The molecule has 0 radical (unpaired) electrons. The monoisotopic (exact) mass is 480 g/mol. The van der Waals surface area contributed by atoms with Crippen molar-refractivity contribution in [3.8, 4) is 17.2 Å². The second-order valence-corrected chi connectivity index (χ2v) is 8.63. The summed E-state index contributed by atoms with van der Waals surface area (Å²) in [7, 11) is 4.51. The van der Waals surface area contributed by atoms with Crippen LogP contribution in [0.1, 0.15) is 42.4 Å². The maximum atomic E-state index is 13.2. The topological polar surface area (TPSA) is 94.9 Å². The highest BCUT2D eigenvalue weighted by molar-refractivity contribution is 5.95. The first-order valence-electron chi connectivity index (χ1n) is 11.8. The third kappa shape index (κ3) is 5.03. The summed E-state index contributed by atoms with van der Waals surface area (Å²) in [5, 5.41) is 2.92. The van der Waals surface area contributed by atoms with Gasteiger partial charge in [0, 0.05) is 18.2 Å². The van der Waals surface area contributed by atoms with E-state index in [1.54, 1.807) is 12.1 Å². The third-order valence-electron chi connectivity index (χ3n) is 6.48. The van der Waals surface area contributed by atoms with E-state index in [-0.39, 0.29) is 30.9 Å². The van der Waals surface area contributed by atoms with Crippen molar-refractivity contribution in [1.29, 1.82) is 0 Å². The van der Waals surface area contributed by atoms with Crippen LogP contribution in [0.15, 0.2) is 36.4 Å². The Morgan fingerprint density at radius 3 is 2.43 bits per heavy atom. The van der Waals surface area contributed by atoms with Gasteiger partial charge in [0.1, 0.15) is 12.4 Å². The van der Waals surface area contributed by atoms with Gasteiger partial charge in [-0.3, -0.25) is 9.59 Å². The second-order valence-electron chi connectivity index (χ2n) is 8.63. The Bertz CT molecular complexity index is 1200. The molecule has 3 aromatic rings. The van der Waals surface area contributed by atoms with Gasteiger partial charge in [-0.25, -0.2) is 4.98 Å². The molecule has 0 saturated carbocycles. The Labute approximate surface area is 205 Å². The lowest BCUT2D eigenvalue weighted by Crippen LogP contribution is -2.43. The molecule has 0 aliphatic carbocycles. The SMILES string of the molecule is COc1cc(C(=O)NCc2nc3ccccc3n2CC(=O)N2CCCCC2C)cc(OC)c1OC. The van der Waals surface area contributed by atoms with Crippen molar-refractivity contribution in [3.05, 3.63) is 47.8 Å². The van der Waals surface area contributed by atoms with Gasteiger partial charge in [-0.15, -0.1) is 0 Å². The number of amides is 2. The summed E-state index contributed by atoms with van der Waals surface area (Å²) >= 11 is 0. The number of imidazole rings is 1. The zero-order valence-electron chi connectivity index (χ0n) is 20.7. The molecule has 2 heterocycles. The van der Waals surface area contributed by atoms with E-state index in [2.05, 4.69) is 12.2 Å². The van der Waals surface area contributed by atoms with Crippen molar-refractivity contribution < 1.29 is 23.8 Å². The van der Waals surface area contributed by atoms with Crippen LogP contribution in [-0.2, 0) is 17.9 Å². The average Bonchev–Trinajstić information content (AvgIpc) is 3.23. The van der Waals surface area contributed by atoms with Crippen LogP contribution in [0.25, 0.3) is 11.0 Å². The summed E-state index contributed by atoms with van der Waals surface area (Å²) in [6.45, 7) is 3.22. The van der Waals surface area contributed by atoms with Crippen molar-refractivity contribution in [2.45, 2.75) is 45.3 Å². The smallest absolute Gasteiger partial charge is 0.251 e. The highest BCUT2D eigenvalue weighted by Gasteiger charge is 2.25. The number of ether oxygens (including phenoxy) is 3. The van der Waals surface area contributed by atoms with E-state index in [4.69, 9.17) is 19.2 Å². The molecular weight excluding hydrogens is 448 g/mol. The van der Waals surface area contributed by atoms with Crippen LogP contribution in [0.5, 0.6) is 17.2 Å². The van der Waals surface area contributed by atoms with Crippen LogP contribution < -0.4 is 19.5 Å². The molecule has 2 aromatic carbocycles. The van der Waals surface area contributed by atoms with Crippen molar-refractivity contribution in [3.63, 3.8) is 0 Å². The Morgan fingerprint density at radius 1 is 1.06 bits per heavy atom. The molecule has 1 saturated heterocycles. The van der Waals surface area contributed by atoms with Gasteiger partial charge in [-0.2, -0.15) is 0 Å². The average molecular weight is 481 g/mol. The van der Waals surface area contributed by atoms with Crippen molar-refractivity contribution in [2.24, 2.45) is 0 Å². The number of aromatic nitrogens is 2. The maximum Gasteiger partial charge on any atom is 0.251 e. The second kappa shape index (κ2) is 10.7. The van der Waals surface area contributed by atoms with Gasteiger partial charge < -0.3 is 29.0 Å². The summed E-state index contributed by atoms with van der Waals surface area (Å²) in [5.41, 5.74) is 2.01. The van der Waals surface area contributed by atoms with Gasteiger partial charge in [0.25, 0.3) is 5.91 Å². The van der Waals surface area contributed by atoms with Gasteiger partial charge in [0.15, 0.2) is 11.5 Å². The first-order chi connectivity index (χ1) is 17.0. The number of nitrogens with zero attached hydrogens (tertiary/aromatic N) is 3. The molecule has 1 aromatic heterocycles. The van der Waals surface area contributed by atoms with Crippen LogP contribution in [0.3, 0.4) is 0 Å². The summed E-state index contributed by atoms with van der Waals surface area (Å²) in [5.74, 6) is 1.57. The predicted octanol–water partition coefficient (Wildman–Crippen LogP) is 3.39. The lowest BCUT2D eigenvalue weighted by atomic mass is 10.0. The van der Waals surface area contributed by atoms with E-state index in [0.29, 0.717) is 28.6 Å². The molecule has 35 heavy (non-hydrogen) atoms. The molecule has 2 amide bonds. The highest BCUT2D eigenvalue weighted by atomic mass is 16.5. The van der Waals surface area contributed by atoms with E-state index < -0.39 is 0 Å². The zero-order chi connectivity index (χ0) is 24.9. The normalized spacial score (nSPS) is 15.7. The number of carbonyl (C=O) groups is 2. The fourth-order valence-corrected chi connectivity index (χ4v) is 4.61. The molecule has 1 N–H and O–H groups in total. The minimum Gasteiger partial charge on any atom is -0.493 e. The molecule has 9 nitrogen and oxygen atoms in total. The van der Waals surface area contributed by atoms with Crippen LogP contribution in [0, 0.1) is 0 Å². The number of nitrogens with one attached hydrogen (secondary N) is 1. The van der Waals surface area contributed by atoms with Crippen molar-refractivity contribution in [2.75, 3.05) is 27.9 Å². The Morgan fingerprint density at radius 2 is 1.77 bits per heavy atom. The standard InChI is InChI=1S/C26H32N4O5/c1-17-9-7-8-12-29(17)24(31)16-30-20-11-6-5-10-19(20)28-23(30)15-27-26(32)18-13-21(33-2)25(35-4)22(14-18)34-3/h5-6,10-11,13-14,17H,7-9,12,15-16H2,1-4H3,(H,27,32). The first kappa shape index (κ1) is 24.4. The lowest BCUT2D eigenvalue weighted by Gasteiger charge is -2.33. The lowest BCUT2D eigenvalue weighted by molar-refractivity contribution is -0.135. The summed E-state index contributed by atoms with van der Waals surface area (Å²) in [6.07, 6.45) is 3.20. The number of hydrogen-bond donors (Lipinski definition) is 1. The summed E-state index contributed by atoms with van der Waals surface area (Å²) in [6, 6.07) is 11.1. The van der Waals surface area contributed by atoms with E-state index in [0.717, 1.165) is 36.8 Å². The van der Waals surface area contributed by atoms with Gasteiger partial charge in [-0.1, -0.05) is 12.1 Å². The Kier molecular flexibility index (Phi) is 7.43. The fraction of sp³-hybridized carbons (Fsp3) is 0.423. The van der Waals surface area contributed by atoms with Crippen LogP contribution in [0.2, 0.25) is 0 Å². The fourth-order valence-electron chi connectivity index (χ4n) is 4.61. The van der Waals surface area contributed by atoms with Crippen molar-refractivity contribution >= 4 is 22.8 Å². The number of benzene rings is 2. The molecule has 186 valence electrons. The molecule has 1 atom stereocenters. The van der Waals surface area contributed by atoms with Gasteiger partial charge in [0.2, 0.25) is 11.7 Å². The number of likely N-dealkylation sites (tertiary alicyclic amines) is 1. The molecule has 1 fully saturated rings. The molecule has 1 aliphatic rings. The van der Waals surface area contributed by atoms with Crippen LogP contribution >= 0.6 is 0 Å². The predicted molar refractivity (Wildman–Crippen MR) is 132 cm³/mol. The van der Waals surface area contributed by atoms with Gasteiger partial charge in [0.05, 0.1) is 38.9 Å². The molecule has 0 spiro atoms. The number of carbonyl (C=O) groups excluding carboxylic acids is 2. The minimum atomic E-state index is -0.321. The maximum absolute atomic E-state index is 13.2. The molecule has 0 bridgehead atoms. The molecular formula is C26H32N4O5. The number of rotatable bonds is 8. The molecule has 4 rings (SSSR count). The van der Waals surface area contributed by atoms with Crippen LogP contribution in [-0.4, -0.2) is 60.2 Å². The van der Waals surface area contributed by atoms with E-state index >= 15 is 0 Å². The summed E-state index contributed by atoms with van der Waals surface area (Å²) in [4.78, 5) is 32.9. The van der Waals surface area contributed by atoms with Gasteiger partial charge >= 0.3 is 0 Å². The Hall–Kier alpha value is -3.75. The first-order valence-corrected chi connectivity index (χ1v) is 11.8. The largest absolute Gasteiger partial charge is 0.493 e. The molecule has 9 heteroatoms. The number of methoxy groups -OCH3 is 3. The van der Waals surface area contributed by atoms with Gasteiger partial charge in [-0.05, 0) is 50.5 Å². The highest BCUT2D eigenvalue weighted by Crippen LogP contribution is 2.38. The number of fused-ring (bicyclic) bond motifs is 1. The van der Waals surface area contributed by atoms with Crippen molar-refractivity contribution in [1.82, 2.24) is 19.8 Å². The Balaban J connectivity index is 1.57. The van der Waals surface area contributed by atoms with E-state index in [1.165, 1.54) is 21.3 Å². The molecule has 1 unspecified atom stereocenters. The molecule has 1 aliphatic heterocycles. The quantitative estimate of drug-likeness (QED) is 0.531. The zero-order valence-corrected chi connectivity index (χ0v) is 20.7. The number of piperidine rings is 1. The van der Waals surface area contributed by atoms with E-state index in [9.17, 15) is 9.59 Å².